The molecule has 0 aliphatic heterocycles. The number of benzene rings is 2. The van der Waals surface area contributed by atoms with E-state index in [1.165, 1.54) is 0 Å². The fraction of sp³-hybridized carbons (Fsp3) is 0.133. The predicted octanol–water partition coefficient (Wildman–Crippen LogP) is 3.66. The predicted molar refractivity (Wildman–Crippen MR) is 78.7 cm³/mol. The van der Waals surface area contributed by atoms with Crippen LogP contribution in [0.3, 0.4) is 0 Å². The van der Waals surface area contributed by atoms with Crippen LogP contribution in [-0.4, -0.2) is 18.2 Å². The van der Waals surface area contributed by atoms with Gasteiger partial charge in [0.05, 0.1) is 17.8 Å². The highest BCUT2D eigenvalue weighted by molar-refractivity contribution is 6.34. The normalized spacial score (nSPS) is 10.1. The maximum atomic E-state index is 11.2. The average molecular weight is 292 g/mol. The molecule has 0 heterocycles. The smallest absolute Gasteiger partial charge is 0.339 e. The minimum absolute atomic E-state index is 0.0732. The Morgan fingerprint density at radius 3 is 2.70 bits per heavy atom. The number of para-hydroxylation sites is 1. The van der Waals surface area contributed by atoms with Crippen LogP contribution in [0.1, 0.15) is 15.9 Å². The van der Waals surface area contributed by atoms with Crippen molar-refractivity contribution in [1.82, 2.24) is 0 Å². The van der Waals surface area contributed by atoms with E-state index in [4.69, 9.17) is 16.3 Å². The van der Waals surface area contributed by atoms with Crippen molar-refractivity contribution >= 4 is 23.3 Å². The summed E-state index contributed by atoms with van der Waals surface area (Å²) >= 11 is 5.92. The van der Waals surface area contributed by atoms with E-state index in [2.05, 4.69) is 5.32 Å². The van der Waals surface area contributed by atoms with E-state index in [9.17, 15) is 9.90 Å². The lowest BCUT2D eigenvalue weighted by Crippen LogP contribution is -2.07. The number of anilines is 1. The van der Waals surface area contributed by atoms with Crippen molar-refractivity contribution in [3.8, 4) is 5.75 Å². The number of carboxylic acids is 1. The molecular weight excluding hydrogens is 278 g/mol. The first-order valence-electron chi connectivity index (χ1n) is 6.01. The van der Waals surface area contributed by atoms with Crippen molar-refractivity contribution in [1.29, 1.82) is 0 Å². The number of hydrogen-bond acceptors (Lipinski definition) is 3. The molecule has 5 heteroatoms. The van der Waals surface area contributed by atoms with E-state index in [0.29, 0.717) is 12.2 Å². The lowest BCUT2D eigenvalue weighted by molar-refractivity contribution is 0.0698. The highest BCUT2D eigenvalue weighted by Crippen LogP contribution is 2.26. The Morgan fingerprint density at radius 2 is 2.00 bits per heavy atom. The van der Waals surface area contributed by atoms with Gasteiger partial charge in [0, 0.05) is 12.1 Å². The monoisotopic (exact) mass is 291 g/mol. The molecule has 0 fully saturated rings. The number of carbonyl (C=O) groups is 1. The second-order valence-corrected chi connectivity index (χ2v) is 4.54. The molecule has 20 heavy (non-hydrogen) atoms. The van der Waals surface area contributed by atoms with E-state index >= 15 is 0 Å². The first-order valence-corrected chi connectivity index (χ1v) is 6.39. The van der Waals surface area contributed by atoms with Gasteiger partial charge in [0.15, 0.2) is 0 Å². The Labute approximate surface area is 122 Å². The number of nitrogens with one attached hydrogen (secondary N) is 1. The number of aromatic carboxylic acids is 1. The third-order valence-electron chi connectivity index (χ3n) is 2.89. The summed E-state index contributed by atoms with van der Waals surface area (Å²) in [6.45, 7) is 0.449. The van der Waals surface area contributed by atoms with Gasteiger partial charge in [-0.25, -0.2) is 4.79 Å². The van der Waals surface area contributed by atoms with E-state index in [-0.39, 0.29) is 10.6 Å². The zero-order valence-electron chi connectivity index (χ0n) is 10.9. The molecule has 2 aromatic carbocycles. The Hall–Kier alpha value is -2.20. The van der Waals surface area contributed by atoms with Crippen molar-refractivity contribution in [2.24, 2.45) is 0 Å². The Bertz CT molecular complexity index is 628. The van der Waals surface area contributed by atoms with E-state index in [1.54, 1.807) is 25.3 Å². The number of hydrogen-bond donors (Lipinski definition) is 2. The lowest BCUT2D eigenvalue weighted by Gasteiger charge is -2.13. The van der Waals surface area contributed by atoms with E-state index < -0.39 is 5.97 Å². The quantitative estimate of drug-likeness (QED) is 0.882. The van der Waals surface area contributed by atoms with Crippen LogP contribution in [-0.2, 0) is 6.54 Å². The van der Waals surface area contributed by atoms with Crippen molar-refractivity contribution in [3.63, 3.8) is 0 Å². The van der Waals surface area contributed by atoms with Gasteiger partial charge in [0.2, 0.25) is 0 Å². The minimum Gasteiger partial charge on any atom is -0.496 e. The molecule has 104 valence electrons. The number of halogens is 1. The van der Waals surface area contributed by atoms with Crippen molar-refractivity contribution in [2.45, 2.75) is 6.54 Å². The summed E-state index contributed by atoms with van der Waals surface area (Å²) in [6.07, 6.45) is 0. The fourth-order valence-corrected chi connectivity index (χ4v) is 2.18. The zero-order valence-corrected chi connectivity index (χ0v) is 11.6. The SMILES string of the molecule is COc1ccccc1CNc1cccc(Cl)c1C(=O)O. The molecule has 0 atom stereocenters. The average Bonchev–Trinajstić information content (AvgIpc) is 2.45. The van der Waals surface area contributed by atoms with Crippen LogP contribution in [0.15, 0.2) is 42.5 Å². The number of methoxy groups -OCH3 is 1. The van der Waals surface area contributed by atoms with Crippen LogP contribution in [0.5, 0.6) is 5.75 Å². The van der Waals surface area contributed by atoms with Gasteiger partial charge in [-0.1, -0.05) is 35.9 Å². The van der Waals surface area contributed by atoms with Gasteiger partial charge in [-0.3, -0.25) is 0 Å². The van der Waals surface area contributed by atoms with Crippen molar-refractivity contribution in [3.05, 3.63) is 58.6 Å². The molecule has 2 aromatic rings. The molecule has 0 aliphatic carbocycles. The molecule has 0 amide bonds. The summed E-state index contributed by atoms with van der Waals surface area (Å²) in [5, 5.41) is 12.5. The maximum Gasteiger partial charge on any atom is 0.339 e. The van der Waals surface area contributed by atoms with Crippen molar-refractivity contribution < 1.29 is 14.6 Å². The molecule has 0 saturated carbocycles. The lowest BCUT2D eigenvalue weighted by atomic mass is 10.1. The summed E-state index contributed by atoms with van der Waals surface area (Å²) < 4.78 is 5.25. The Balaban J connectivity index is 2.23. The molecule has 2 rings (SSSR count). The van der Waals surface area contributed by atoms with Crippen LogP contribution in [0.4, 0.5) is 5.69 Å². The first-order chi connectivity index (χ1) is 9.63. The molecule has 0 unspecified atom stereocenters. The number of rotatable bonds is 5. The summed E-state index contributed by atoms with van der Waals surface area (Å²) in [5.41, 5.74) is 1.49. The Kier molecular flexibility index (Phi) is 4.48. The standard InChI is InChI=1S/C15H14ClNO3/c1-20-13-8-3-2-5-10(13)9-17-12-7-4-6-11(16)14(12)15(18)19/h2-8,17H,9H2,1H3,(H,18,19). The van der Waals surface area contributed by atoms with Gasteiger partial charge in [-0.05, 0) is 18.2 Å². The Morgan fingerprint density at radius 1 is 1.25 bits per heavy atom. The van der Waals surface area contributed by atoms with Gasteiger partial charge in [-0.2, -0.15) is 0 Å². The third kappa shape index (κ3) is 3.03. The van der Waals surface area contributed by atoms with Crippen LogP contribution >= 0.6 is 11.6 Å². The maximum absolute atomic E-state index is 11.2. The second-order valence-electron chi connectivity index (χ2n) is 4.13. The molecule has 0 aromatic heterocycles. The third-order valence-corrected chi connectivity index (χ3v) is 3.20. The topological polar surface area (TPSA) is 58.6 Å². The molecule has 0 radical (unpaired) electrons. The van der Waals surface area contributed by atoms with Gasteiger partial charge < -0.3 is 15.2 Å². The van der Waals surface area contributed by atoms with Crippen LogP contribution in [0, 0.1) is 0 Å². The summed E-state index contributed by atoms with van der Waals surface area (Å²) in [4.78, 5) is 11.2. The van der Waals surface area contributed by atoms with Gasteiger partial charge in [-0.15, -0.1) is 0 Å². The summed E-state index contributed by atoms with van der Waals surface area (Å²) in [6, 6.07) is 12.5. The van der Waals surface area contributed by atoms with Crippen LogP contribution in [0.25, 0.3) is 0 Å². The van der Waals surface area contributed by atoms with E-state index in [1.807, 2.05) is 24.3 Å². The summed E-state index contributed by atoms with van der Waals surface area (Å²) in [5.74, 6) is -0.308. The molecule has 4 nitrogen and oxygen atoms in total. The highest BCUT2D eigenvalue weighted by Gasteiger charge is 2.14. The van der Waals surface area contributed by atoms with E-state index in [0.717, 1.165) is 11.3 Å². The molecule has 0 aliphatic rings. The molecule has 0 saturated heterocycles. The van der Waals surface area contributed by atoms with Gasteiger partial charge >= 0.3 is 5.97 Å². The molecule has 0 bridgehead atoms. The van der Waals surface area contributed by atoms with Crippen LogP contribution in [0.2, 0.25) is 5.02 Å². The molecule has 0 spiro atoms. The first kappa shape index (κ1) is 14.2. The fourth-order valence-electron chi connectivity index (χ4n) is 1.93. The summed E-state index contributed by atoms with van der Waals surface area (Å²) in [7, 11) is 1.60. The molecular formula is C15H14ClNO3. The number of carboxylic acid groups (broad SMARTS) is 1. The minimum atomic E-state index is -1.06. The highest BCUT2D eigenvalue weighted by atomic mass is 35.5. The molecule has 2 N–H and O–H groups in total. The van der Waals surface area contributed by atoms with Crippen LogP contribution < -0.4 is 10.1 Å². The largest absolute Gasteiger partial charge is 0.496 e. The second kappa shape index (κ2) is 6.30. The zero-order chi connectivity index (χ0) is 14.5. The van der Waals surface area contributed by atoms with Crippen molar-refractivity contribution in [2.75, 3.05) is 12.4 Å². The van der Waals surface area contributed by atoms with Gasteiger partial charge in [0.25, 0.3) is 0 Å². The number of ether oxygens (including phenoxy) is 1. The van der Waals surface area contributed by atoms with Gasteiger partial charge in [0.1, 0.15) is 11.3 Å².